The first-order valence-electron chi connectivity index (χ1n) is 6.38. The van der Waals surface area contributed by atoms with Gasteiger partial charge >= 0.3 is 0 Å². The van der Waals surface area contributed by atoms with Gasteiger partial charge in [-0.3, -0.25) is 0 Å². The van der Waals surface area contributed by atoms with E-state index in [4.69, 9.17) is 10.5 Å². The summed E-state index contributed by atoms with van der Waals surface area (Å²) >= 11 is 0. The summed E-state index contributed by atoms with van der Waals surface area (Å²) in [6, 6.07) is 0. The van der Waals surface area contributed by atoms with Crippen molar-refractivity contribution in [1.29, 1.82) is 0 Å². The van der Waals surface area contributed by atoms with E-state index in [-0.39, 0.29) is 5.41 Å². The van der Waals surface area contributed by atoms with Gasteiger partial charge in [0, 0.05) is 33.4 Å². The third kappa shape index (κ3) is 4.81. The minimum atomic E-state index is -3.38. The number of nitrogens with one attached hydrogen (secondary N) is 1. The van der Waals surface area contributed by atoms with Crippen LogP contribution in [0.3, 0.4) is 0 Å². The highest BCUT2D eigenvalue weighted by Crippen LogP contribution is 2.28. The molecule has 1 aliphatic rings. The Morgan fingerprint density at radius 1 is 1.39 bits per heavy atom. The second kappa shape index (κ2) is 6.81. The van der Waals surface area contributed by atoms with E-state index in [1.165, 1.54) is 4.31 Å². The molecule has 0 aromatic heterocycles. The second-order valence-electron chi connectivity index (χ2n) is 5.21. The molecule has 1 fully saturated rings. The van der Waals surface area contributed by atoms with Crippen molar-refractivity contribution in [3.8, 4) is 0 Å². The lowest BCUT2D eigenvalue weighted by Gasteiger charge is -2.34. The quantitative estimate of drug-likeness (QED) is 0.682. The minimum Gasteiger partial charge on any atom is -0.381 e. The monoisotopic (exact) mass is 279 g/mol. The van der Waals surface area contributed by atoms with Crippen LogP contribution in [-0.4, -0.2) is 52.6 Å². The van der Waals surface area contributed by atoms with Crippen LogP contribution < -0.4 is 10.5 Å². The van der Waals surface area contributed by atoms with Gasteiger partial charge in [-0.05, 0) is 31.2 Å². The van der Waals surface area contributed by atoms with E-state index in [0.717, 1.165) is 12.8 Å². The molecule has 18 heavy (non-hydrogen) atoms. The van der Waals surface area contributed by atoms with E-state index in [0.29, 0.717) is 39.3 Å². The Bertz CT molecular complexity index is 339. The van der Waals surface area contributed by atoms with E-state index in [1.807, 2.05) is 0 Å². The predicted molar refractivity (Wildman–Crippen MR) is 71.4 cm³/mol. The van der Waals surface area contributed by atoms with Crippen LogP contribution in [0.4, 0.5) is 0 Å². The predicted octanol–water partition coefficient (Wildman–Crippen LogP) is -0.0819. The maximum Gasteiger partial charge on any atom is 0.279 e. The third-order valence-electron chi connectivity index (χ3n) is 3.47. The summed E-state index contributed by atoms with van der Waals surface area (Å²) in [6.07, 6.45) is 2.45. The summed E-state index contributed by atoms with van der Waals surface area (Å²) < 4.78 is 33.2. The summed E-state index contributed by atoms with van der Waals surface area (Å²) in [7, 11) is -1.81. The molecule has 0 spiro atoms. The van der Waals surface area contributed by atoms with Crippen LogP contribution >= 0.6 is 0 Å². The van der Waals surface area contributed by atoms with Gasteiger partial charge in [0.15, 0.2) is 0 Å². The van der Waals surface area contributed by atoms with Gasteiger partial charge in [-0.2, -0.15) is 12.7 Å². The lowest BCUT2D eigenvalue weighted by Crippen LogP contribution is -2.45. The Morgan fingerprint density at radius 2 is 2.00 bits per heavy atom. The van der Waals surface area contributed by atoms with Gasteiger partial charge < -0.3 is 10.5 Å². The smallest absolute Gasteiger partial charge is 0.279 e. The van der Waals surface area contributed by atoms with E-state index in [1.54, 1.807) is 7.05 Å². The molecule has 0 atom stereocenters. The highest BCUT2D eigenvalue weighted by molar-refractivity contribution is 7.87. The Morgan fingerprint density at radius 3 is 2.56 bits per heavy atom. The van der Waals surface area contributed by atoms with Crippen LogP contribution in [0, 0.1) is 5.41 Å². The van der Waals surface area contributed by atoms with Gasteiger partial charge in [-0.25, -0.2) is 4.72 Å². The lowest BCUT2D eigenvalue weighted by atomic mass is 9.83. The zero-order valence-electron chi connectivity index (χ0n) is 11.3. The molecule has 0 unspecified atom stereocenters. The average Bonchev–Trinajstić information content (AvgIpc) is 2.35. The van der Waals surface area contributed by atoms with Crippen LogP contribution in [0.25, 0.3) is 0 Å². The molecule has 3 N–H and O–H groups in total. The van der Waals surface area contributed by atoms with Gasteiger partial charge in [-0.1, -0.05) is 6.92 Å². The van der Waals surface area contributed by atoms with Crippen LogP contribution in [-0.2, 0) is 14.9 Å². The fraction of sp³-hybridized carbons (Fsp3) is 1.00. The van der Waals surface area contributed by atoms with E-state index < -0.39 is 10.2 Å². The Kier molecular flexibility index (Phi) is 6.00. The first kappa shape index (κ1) is 15.8. The van der Waals surface area contributed by atoms with Crippen LogP contribution in [0.15, 0.2) is 0 Å². The molecule has 1 heterocycles. The molecule has 0 aromatic rings. The van der Waals surface area contributed by atoms with Crippen LogP contribution in [0.1, 0.15) is 26.2 Å². The lowest BCUT2D eigenvalue weighted by molar-refractivity contribution is 0.0263. The first-order valence-corrected chi connectivity index (χ1v) is 7.82. The van der Waals surface area contributed by atoms with Gasteiger partial charge in [0.25, 0.3) is 10.2 Å². The summed E-state index contributed by atoms with van der Waals surface area (Å²) in [5, 5.41) is 0. The SMILES string of the molecule is CN(CCCN)S(=O)(=O)NCC1(C)CCOCC1. The first-order chi connectivity index (χ1) is 8.40. The molecule has 6 nitrogen and oxygen atoms in total. The van der Waals surface area contributed by atoms with Crippen LogP contribution in [0.2, 0.25) is 0 Å². The zero-order chi connectivity index (χ0) is 13.6. The van der Waals surface area contributed by atoms with Crippen molar-refractivity contribution in [2.45, 2.75) is 26.2 Å². The topological polar surface area (TPSA) is 84.7 Å². The number of nitrogens with two attached hydrogens (primary N) is 1. The molecule has 0 aromatic carbocycles. The fourth-order valence-electron chi connectivity index (χ4n) is 1.85. The van der Waals surface area contributed by atoms with Gasteiger partial charge in [0.1, 0.15) is 0 Å². The fourth-order valence-corrected chi connectivity index (χ4v) is 2.97. The summed E-state index contributed by atoms with van der Waals surface area (Å²) in [6.45, 7) is 4.92. The van der Waals surface area contributed by atoms with Crippen molar-refractivity contribution in [2.24, 2.45) is 11.1 Å². The molecule has 0 amide bonds. The van der Waals surface area contributed by atoms with Gasteiger partial charge in [-0.15, -0.1) is 0 Å². The second-order valence-corrected chi connectivity index (χ2v) is 7.08. The summed E-state index contributed by atoms with van der Waals surface area (Å²) in [4.78, 5) is 0. The molecule has 1 aliphatic heterocycles. The number of nitrogens with zero attached hydrogens (tertiary/aromatic N) is 1. The largest absolute Gasteiger partial charge is 0.381 e. The molecule has 0 aliphatic carbocycles. The molecule has 108 valence electrons. The number of rotatable bonds is 7. The third-order valence-corrected chi connectivity index (χ3v) is 4.98. The Labute approximate surface area is 110 Å². The highest BCUT2D eigenvalue weighted by atomic mass is 32.2. The molecule has 1 saturated heterocycles. The number of hydrogen-bond donors (Lipinski definition) is 2. The molecule has 0 radical (unpaired) electrons. The average molecular weight is 279 g/mol. The normalized spacial score (nSPS) is 20.2. The zero-order valence-corrected chi connectivity index (χ0v) is 12.1. The van der Waals surface area contributed by atoms with Crippen molar-refractivity contribution >= 4 is 10.2 Å². The van der Waals surface area contributed by atoms with Crippen molar-refractivity contribution in [3.05, 3.63) is 0 Å². The molecule has 0 saturated carbocycles. The van der Waals surface area contributed by atoms with Crippen molar-refractivity contribution in [3.63, 3.8) is 0 Å². The summed E-state index contributed by atoms with van der Waals surface area (Å²) in [5.74, 6) is 0. The van der Waals surface area contributed by atoms with Crippen LogP contribution in [0.5, 0.6) is 0 Å². The van der Waals surface area contributed by atoms with Crippen molar-refractivity contribution < 1.29 is 13.2 Å². The number of hydrogen-bond acceptors (Lipinski definition) is 4. The number of ether oxygens (including phenoxy) is 1. The molecule has 1 rings (SSSR count). The van der Waals surface area contributed by atoms with E-state index in [9.17, 15) is 8.42 Å². The Hall–Kier alpha value is -0.210. The molecule has 0 bridgehead atoms. The van der Waals surface area contributed by atoms with Gasteiger partial charge in [0.2, 0.25) is 0 Å². The van der Waals surface area contributed by atoms with E-state index >= 15 is 0 Å². The summed E-state index contributed by atoms with van der Waals surface area (Å²) in [5.41, 5.74) is 5.38. The highest BCUT2D eigenvalue weighted by Gasteiger charge is 2.29. The van der Waals surface area contributed by atoms with Crippen molar-refractivity contribution in [2.75, 3.05) is 39.9 Å². The Balaban J connectivity index is 2.45. The standard InChI is InChI=1S/C11H25N3O3S/c1-11(4-8-17-9-5-11)10-13-18(15,16)14(2)7-3-6-12/h13H,3-10,12H2,1-2H3. The maximum absolute atomic E-state index is 12.0. The molecule has 7 heteroatoms. The van der Waals surface area contributed by atoms with Crippen molar-refractivity contribution in [1.82, 2.24) is 9.03 Å². The maximum atomic E-state index is 12.0. The molecular formula is C11H25N3O3S. The van der Waals surface area contributed by atoms with E-state index in [2.05, 4.69) is 11.6 Å². The van der Waals surface area contributed by atoms with Gasteiger partial charge in [0.05, 0.1) is 0 Å². The minimum absolute atomic E-state index is 0.0000272. The molecular weight excluding hydrogens is 254 g/mol.